The van der Waals surface area contributed by atoms with Gasteiger partial charge < -0.3 is 29.9 Å². The molecule has 1 saturated carbocycles. The quantitative estimate of drug-likeness (QED) is 0.0918. The van der Waals surface area contributed by atoms with Gasteiger partial charge in [0, 0.05) is 87.1 Å². The summed E-state index contributed by atoms with van der Waals surface area (Å²) in [6.45, 7) is 6.92. The Bertz CT molecular complexity index is 2260. The van der Waals surface area contributed by atoms with Crippen LogP contribution >= 0.6 is 0 Å². The van der Waals surface area contributed by atoms with Gasteiger partial charge in [-0.3, -0.25) is 29.4 Å². The number of imide groups is 1. The summed E-state index contributed by atoms with van der Waals surface area (Å²) in [6.07, 6.45) is 2.60. The summed E-state index contributed by atoms with van der Waals surface area (Å²) in [5, 5.41) is 8.50. The van der Waals surface area contributed by atoms with Crippen molar-refractivity contribution in [1.29, 1.82) is 0 Å². The van der Waals surface area contributed by atoms with Crippen molar-refractivity contribution in [3.8, 4) is 22.8 Å². The Morgan fingerprint density at radius 2 is 1.45 bits per heavy atom. The molecule has 4 aliphatic rings. The first-order valence-electron chi connectivity index (χ1n) is 22.6. The second-order valence-corrected chi connectivity index (χ2v) is 17.3. The largest absolute Gasteiger partial charge is 0.573 e. The van der Waals surface area contributed by atoms with Crippen LogP contribution in [-0.4, -0.2) is 109 Å². The Balaban J connectivity index is 0.686. The first-order chi connectivity index (χ1) is 31.4. The number of alkyl halides is 3. The normalized spacial score (nSPS) is 21.1. The van der Waals surface area contributed by atoms with E-state index in [1.165, 1.54) is 36.3 Å². The van der Waals surface area contributed by atoms with Crippen LogP contribution < -0.4 is 30.3 Å². The third-order valence-corrected chi connectivity index (χ3v) is 13.0. The van der Waals surface area contributed by atoms with Gasteiger partial charge >= 0.3 is 6.36 Å². The topological polar surface area (TPSA) is 158 Å². The standard InChI is InChI=1S/C48H55F3N8O6/c49-48(50,51)65-40-15-9-37(10-16-40)55-43-29-42(53-31-54-43)34-7-13-39(14-8-34)64-28-21-52-45(61)35-1-3-36(4-2-35)47(63)59-26-24-57(25-27-59)30-32-19-22-58(23-20-32)38-11-5-33(6-12-38)41-17-18-44(60)56-46(41)62/h5-16,29,31-32,35-36,41H,1-4,17-28,30H2,(H,52,61)(H,53,54,55)(H,56,60,62). The van der Waals surface area contributed by atoms with Gasteiger partial charge in [-0.1, -0.05) is 12.1 Å². The number of benzene rings is 3. The van der Waals surface area contributed by atoms with Crippen LogP contribution in [0.4, 0.5) is 30.4 Å². The number of hydrogen-bond acceptors (Lipinski definition) is 11. The highest BCUT2D eigenvalue weighted by Gasteiger charge is 2.34. The van der Waals surface area contributed by atoms with Gasteiger partial charge in [-0.25, -0.2) is 9.97 Å². The molecule has 344 valence electrons. The molecule has 3 aliphatic heterocycles. The third kappa shape index (κ3) is 12.3. The Morgan fingerprint density at radius 3 is 2.12 bits per heavy atom. The molecule has 3 N–H and O–H groups in total. The minimum Gasteiger partial charge on any atom is -0.492 e. The molecule has 1 unspecified atom stereocenters. The Labute approximate surface area is 376 Å². The minimum atomic E-state index is -4.76. The SMILES string of the molecule is O=C1CCC(c2ccc(N3CCC(CN4CCN(C(=O)C5CCC(C(=O)NCCOc6ccc(-c7cc(Nc8ccc(OC(F)(F)F)cc8)ncn7)cc6)CC5)CC4)CC3)cc2)C(=O)N1. The molecule has 1 atom stereocenters. The number of nitrogens with one attached hydrogen (secondary N) is 3. The zero-order valence-corrected chi connectivity index (χ0v) is 36.2. The van der Waals surface area contributed by atoms with Crippen molar-refractivity contribution in [2.75, 3.05) is 69.2 Å². The van der Waals surface area contributed by atoms with Crippen molar-refractivity contribution in [3.63, 3.8) is 0 Å². The average Bonchev–Trinajstić information content (AvgIpc) is 3.31. The molecular weight excluding hydrogens is 842 g/mol. The molecule has 17 heteroatoms. The van der Waals surface area contributed by atoms with E-state index in [4.69, 9.17) is 4.74 Å². The minimum absolute atomic E-state index is 0.00395. The molecule has 4 amide bonds. The van der Waals surface area contributed by atoms with Crippen LogP contribution in [0.5, 0.6) is 11.5 Å². The monoisotopic (exact) mass is 896 g/mol. The van der Waals surface area contributed by atoms with Crippen LogP contribution in [0.25, 0.3) is 11.3 Å². The fourth-order valence-corrected chi connectivity index (χ4v) is 9.36. The van der Waals surface area contributed by atoms with Gasteiger partial charge in [0.15, 0.2) is 0 Å². The summed E-state index contributed by atoms with van der Waals surface area (Å²) in [6, 6.07) is 22.6. The first-order valence-corrected chi connectivity index (χ1v) is 22.6. The lowest BCUT2D eigenvalue weighted by Crippen LogP contribution is -2.52. The molecule has 3 saturated heterocycles. The molecule has 4 fully saturated rings. The Morgan fingerprint density at radius 1 is 0.769 bits per heavy atom. The van der Waals surface area contributed by atoms with E-state index in [0.29, 0.717) is 67.7 Å². The van der Waals surface area contributed by atoms with Gasteiger partial charge in [-0.15, -0.1) is 13.2 Å². The number of carbonyl (C=O) groups is 4. The maximum absolute atomic E-state index is 13.5. The number of ether oxygens (including phenoxy) is 2. The number of piperidine rings is 2. The molecule has 0 spiro atoms. The number of carbonyl (C=O) groups excluding carboxylic acids is 4. The number of anilines is 3. The maximum Gasteiger partial charge on any atom is 0.573 e. The van der Waals surface area contributed by atoms with Crippen molar-refractivity contribution in [1.82, 2.24) is 30.4 Å². The summed E-state index contributed by atoms with van der Waals surface area (Å²) in [5.41, 5.74) is 4.09. The van der Waals surface area contributed by atoms with Gasteiger partial charge in [-0.2, -0.15) is 0 Å². The van der Waals surface area contributed by atoms with Crippen molar-refractivity contribution < 1.29 is 41.8 Å². The molecule has 4 heterocycles. The van der Waals surface area contributed by atoms with E-state index in [0.717, 1.165) is 82.6 Å². The molecule has 1 aromatic heterocycles. The molecule has 0 radical (unpaired) electrons. The van der Waals surface area contributed by atoms with Crippen LogP contribution in [0.2, 0.25) is 0 Å². The number of nitrogens with zero attached hydrogens (tertiary/aromatic N) is 5. The van der Waals surface area contributed by atoms with Crippen LogP contribution in [0, 0.1) is 17.8 Å². The smallest absolute Gasteiger partial charge is 0.492 e. The van der Waals surface area contributed by atoms with E-state index in [9.17, 15) is 32.3 Å². The predicted molar refractivity (Wildman–Crippen MR) is 237 cm³/mol. The number of amides is 4. The second-order valence-electron chi connectivity index (χ2n) is 17.3. The van der Waals surface area contributed by atoms with Crippen molar-refractivity contribution >= 4 is 40.8 Å². The van der Waals surface area contributed by atoms with E-state index in [1.54, 1.807) is 6.07 Å². The van der Waals surface area contributed by atoms with Crippen molar-refractivity contribution in [2.24, 2.45) is 17.8 Å². The number of hydrogen-bond donors (Lipinski definition) is 3. The molecule has 14 nitrogen and oxygen atoms in total. The second kappa shape index (κ2) is 20.7. The van der Waals surface area contributed by atoms with Crippen LogP contribution in [0.3, 0.4) is 0 Å². The summed E-state index contributed by atoms with van der Waals surface area (Å²) < 4.78 is 47.2. The molecule has 8 rings (SSSR count). The van der Waals surface area contributed by atoms with E-state index in [1.807, 2.05) is 41.3 Å². The van der Waals surface area contributed by atoms with Crippen LogP contribution in [-0.2, 0) is 19.2 Å². The molecule has 0 bridgehead atoms. The highest BCUT2D eigenvalue weighted by Crippen LogP contribution is 2.33. The molecule has 4 aromatic rings. The molecule has 65 heavy (non-hydrogen) atoms. The third-order valence-electron chi connectivity index (χ3n) is 13.0. The van der Waals surface area contributed by atoms with E-state index in [2.05, 4.69) is 52.6 Å². The van der Waals surface area contributed by atoms with Crippen LogP contribution in [0.15, 0.2) is 85.2 Å². The lowest BCUT2D eigenvalue weighted by atomic mass is 9.81. The zero-order valence-electron chi connectivity index (χ0n) is 36.2. The van der Waals surface area contributed by atoms with Crippen molar-refractivity contribution in [3.05, 3.63) is 90.8 Å². The van der Waals surface area contributed by atoms with Gasteiger partial charge in [0.05, 0.1) is 18.2 Å². The molecular formula is C48H55F3N8O6. The van der Waals surface area contributed by atoms with Gasteiger partial charge in [-0.05, 0) is 117 Å². The summed E-state index contributed by atoms with van der Waals surface area (Å²) >= 11 is 0. The Kier molecular flexibility index (Phi) is 14.5. The predicted octanol–water partition coefficient (Wildman–Crippen LogP) is 6.67. The summed E-state index contributed by atoms with van der Waals surface area (Å²) in [4.78, 5) is 65.8. The van der Waals surface area contributed by atoms with Gasteiger partial charge in [0.2, 0.25) is 23.6 Å². The summed E-state index contributed by atoms with van der Waals surface area (Å²) in [7, 11) is 0. The number of rotatable bonds is 14. The first kappa shape index (κ1) is 45.3. The highest BCUT2D eigenvalue weighted by molar-refractivity contribution is 6.01. The molecule has 3 aromatic carbocycles. The number of aromatic nitrogens is 2. The molecule has 1 aliphatic carbocycles. The fraction of sp³-hybridized carbons (Fsp3) is 0.458. The highest BCUT2D eigenvalue weighted by atomic mass is 19.4. The van der Waals surface area contributed by atoms with E-state index in [-0.39, 0.29) is 47.1 Å². The van der Waals surface area contributed by atoms with Gasteiger partial charge in [0.25, 0.3) is 0 Å². The van der Waals surface area contributed by atoms with Crippen molar-refractivity contribution in [2.45, 2.75) is 63.6 Å². The van der Waals surface area contributed by atoms with E-state index >= 15 is 0 Å². The van der Waals surface area contributed by atoms with Gasteiger partial charge in [0.1, 0.15) is 30.3 Å². The summed E-state index contributed by atoms with van der Waals surface area (Å²) in [5.74, 6) is 0.789. The number of halogens is 3. The lowest BCUT2D eigenvalue weighted by Gasteiger charge is -2.40. The maximum atomic E-state index is 13.5. The van der Waals surface area contributed by atoms with Crippen LogP contribution in [0.1, 0.15) is 62.8 Å². The zero-order chi connectivity index (χ0) is 45.3. The Hall–Kier alpha value is -6.23. The lowest BCUT2D eigenvalue weighted by molar-refractivity contribution is -0.274. The fourth-order valence-electron chi connectivity index (χ4n) is 9.36. The number of piperazine rings is 1. The average molecular weight is 897 g/mol. The van der Waals surface area contributed by atoms with E-state index < -0.39 is 6.36 Å².